The van der Waals surface area contributed by atoms with E-state index in [4.69, 9.17) is 9.47 Å². The molecule has 1 fully saturated rings. The summed E-state index contributed by atoms with van der Waals surface area (Å²) in [5.41, 5.74) is 1.21. The maximum Gasteiger partial charge on any atom is 0.343 e. The standard InChI is InChI=1S/C26H31N3O6/c1-34-26(33)24-20-13-3-2-8-14-29(20)23(31)15-21(24)35-16-22(30)28-19-12-7-6-11-18(19)25(32)27-17-9-4-5-10-17/h6-7,11-12,15,17H,2-5,8-10,13-14,16H2,1H3,(H,27,32)(H,28,30). The average molecular weight is 482 g/mol. The van der Waals surface area contributed by atoms with Gasteiger partial charge in [-0.05, 0) is 44.2 Å². The van der Waals surface area contributed by atoms with Crippen molar-refractivity contribution in [2.45, 2.75) is 64.0 Å². The van der Waals surface area contributed by atoms with Gasteiger partial charge < -0.3 is 24.7 Å². The fourth-order valence-electron chi connectivity index (χ4n) is 4.80. The Kier molecular flexibility index (Phi) is 7.84. The summed E-state index contributed by atoms with van der Waals surface area (Å²) >= 11 is 0. The molecule has 1 aliphatic heterocycles. The molecule has 2 heterocycles. The molecule has 0 unspecified atom stereocenters. The van der Waals surface area contributed by atoms with E-state index >= 15 is 0 Å². The van der Waals surface area contributed by atoms with Crippen molar-refractivity contribution in [3.8, 4) is 5.75 Å². The van der Waals surface area contributed by atoms with E-state index in [-0.39, 0.29) is 28.8 Å². The van der Waals surface area contributed by atoms with Crippen LogP contribution in [0.1, 0.15) is 71.4 Å². The van der Waals surface area contributed by atoms with E-state index in [9.17, 15) is 19.2 Å². The first kappa shape index (κ1) is 24.5. The molecular weight excluding hydrogens is 450 g/mol. The van der Waals surface area contributed by atoms with Crippen LogP contribution >= 0.6 is 0 Å². The molecule has 0 atom stereocenters. The predicted molar refractivity (Wildman–Crippen MR) is 130 cm³/mol. The van der Waals surface area contributed by atoms with Crippen LogP contribution in [-0.4, -0.2) is 42.1 Å². The maximum atomic E-state index is 12.8. The van der Waals surface area contributed by atoms with Crippen molar-refractivity contribution in [1.29, 1.82) is 0 Å². The summed E-state index contributed by atoms with van der Waals surface area (Å²) < 4.78 is 12.2. The lowest BCUT2D eigenvalue weighted by molar-refractivity contribution is -0.118. The number of esters is 1. The van der Waals surface area contributed by atoms with E-state index in [1.165, 1.54) is 13.2 Å². The average Bonchev–Trinajstić information content (AvgIpc) is 3.24. The van der Waals surface area contributed by atoms with Gasteiger partial charge in [-0.25, -0.2) is 4.79 Å². The van der Waals surface area contributed by atoms with Gasteiger partial charge in [0.25, 0.3) is 17.4 Å². The molecule has 0 saturated heterocycles. The monoisotopic (exact) mass is 481 g/mol. The first-order chi connectivity index (χ1) is 17.0. The first-order valence-electron chi connectivity index (χ1n) is 12.2. The number of amides is 2. The summed E-state index contributed by atoms with van der Waals surface area (Å²) in [6.45, 7) is 0.0874. The number of benzene rings is 1. The first-order valence-corrected chi connectivity index (χ1v) is 12.2. The summed E-state index contributed by atoms with van der Waals surface area (Å²) in [4.78, 5) is 50.7. The van der Waals surface area contributed by atoms with E-state index in [0.29, 0.717) is 29.9 Å². The van der Waals surface area contributed by atoms with Crippen molar-refractivity contribution in [2.24, 2.45) is 0 Å². The minimum Gasteiger partial charge on any atom is -0.483 e. The molecule has 9 heteroatoms. The van der Waals surface area contributed by atoms with Crippen LogP contribution in [-0.2, 0) is 22.5 Å². The van der Waals surface area contributed by atoms with Crippen molar-refractivity contribution < 1.29 is 23.9 Å². The van der Waals surface area contributed by atoms with E-state index in [0.717, 1.165) is 44.9 Å². The number of rotatable bonds is 7. The minimum absolute atomic E-state index is 0.0254. The highest BCUT2D eigenvalue weighted by Gasteiger charge is 2.25. The maximum absolute atomic E-state index is 12.8. The second-order valence-corrected chi connectivity index (χ2v) is 8.96. The van der Waals surface area contributed by atoms with Crippen molar-refractivity contribution >= 4 is 23.5 Å². The lowest BCUT2D eigenvalue weighted by atomic mass is 10.1. The van der Waals surface area contributed by atoms with Gasteiger partial charge in [0.1, 0.15) is 11.3 Å². The molecule has 2 aliphatic rings. The van der Waals surface area contributed by atoms with Crippen molar-refractivity contribution in [3.05, 3.63) is 57.5 Å². The van der Waals surface area contributed by atoms with Crippen LogP contribution in [0, 0.1) is 0 Å². The van der Waals surface area contributed by atoms with E-state index in [2.05, 4.69) is 10.6 Å². The second-order valence-electron chi connectivity index (χ2n) is 8.96. The summed E-state index contributed by atoms with van der Waals surface area (Å²) in [5.74, 6) is -1.34. The quantitative estimate of drug-likeness (QED) is 0.588. The normalized spacial score (nSPS) is 15.6. The zero-order valence-corrected chi connectivity index (χ0v) is 19.9. The van der Waals surface area contributed by atoms with Crippen LogP contribution in [0.2, 0.25) is 0 Å². The highest BCUT2D eigenvalue weighted by atomic mass is 16.5. The van der Waals surface area contributed by atoms with Crippen molar-refractivity contribution in [2.75, 3.05) is 19.0 Å². The Labute approximate surface area is 203 Å². The number of nitrogens with one attached hydrogen (secondary N) is 2. The SMILES string of the molecule is COC(=O)c1c(OCC(=O)Nc2ccccc2C(=O)NC2CCCC2)cc(=O)n2c1CCCCC2. The molecule has 0 spiro atoms. The van der Waals surface area contributed by atoms with Crippen LogP contribution < -0.4 is 20.9 Å². The highest BCUT2D eigenvalue weighted by molar-refractivity contribution is 6.04. The van der Waals surface area contributed by atoms with Gasteiger partial charge in [-0.3, -0.25) is 14.4 Å². The lowest BCUT2D eigenvalue weighted by Gasteiger charge is -2.18. The van der Waals surface area contributed by atoms with Crippen molar-refractivity contribution in [3.63, 3.8) is 0 Å². The van der Waals surface area contributed by atoms with Gasteiger partial charge in [0.15, 0.2) is 6.61 Å². The van der Waals surface area contributed by atoms with Gasteiger partial charge in [0, 0.05) is 24.3 Å². The smallest absolute Gasteiger partial charge is 0.343 e. The van der Waals surface area contributed by atoms with Gasteiger partial charge in [-0.2, -0.15) is 0 Å². The molecule has 0 bridgehead atoms. The summed E-state index contributed by atoms with van der Waals surface area (Å²) in [6.07, 6.45) is 7.30. The summed E-state index contributed by atoms with van der Waals surface area (Å²) in [6, 6.07) is 8.16. The molecule has 1 aliphatic carbocycles. The number of carbonyl (C=O) groups excluding carboxylic acids is 3. The number of aromatic nitrogens is 1. The van der Waals surface area contributed by atoms with Gasteiger partial charge >= 0.3 is 5.97 Å². The van der Waals surface area contributed by atoms with Crippen LogP contribution in [0.3, 0.4) is 0 Å². The zero-order chi connectivity index (χ0) is 24.8. The topological polar surface area (TPSA) is 116 Å². The van der Waals surface area contributed by atoms with Crippen LogP contribution in [0.15, 0.2) is 35.1 Å². The second kappa shape index (κ2) is 11.2. The third-order valence-electron chi connectivity index (χ3n) is 6.56. The Morgan fingerprint density at radius 3 is 2.60 bits per heavy atom. The zero-order valence-electron chi connectivity index (χ0n) is 19.9. The van der Waals surface area contributed by atoms with Crippen molar-refractivity contribution in [1.82, 2.24) is 9.88 Å². The van der Waals surface area contributed by atoms with Gasteiger partial charge in [-0.15, -0.1) is 0 Å². The number of anilines is 1. The van der Waals surface area contributed by atoms with E-state index < -0.39 is 18.5 Å². The summed E-state index contributed by atoms with van der Waals surface area (Å²) in [5, 5.41) is 5.74. The molecular formula is C26H31N3O6. The van der Waals surface area contributed by atoms with Crippen LogP contribution in [0.5, 0.6) is 5.75 Å². The number of ether oxygens (including phenoxy) is 2. The largest absolute Gasteiger partial charge is 0.483 e. The molecule has 1 saturated carbocycles. The Morgan fingerprint density at radius 2 is 1.83 bits per heavy atom. The number of pyridine rings is 1. The Hall–Kier alpha value is -3.62. The number of fused-ring (bicyclic) bond motifs is 1. The third-order valence-corrected chi connectivity index (χ3v) is 6.56. The van der Waals surface area contributed by atoms with Gasteiger partial charge in [0.2, 0.25) is 0 Å². The molecule has 2 N–H and O–H groups in total. The Morgan fingerprint density at radius 1 is 1.06 bits per heavy atom. The number of hydrogen-bond acceptors (Lipinski definition) is 6. The molecule has 2 amide bonds. The molecule has 9 nitrogen and oxygen atoms in total. The van der Waals surface area contributed by atoms with E-state index in [1.54, 1.807) is 28.8 Å². The third kappa shape index (κ3) is 5.72. The molecule has 4 rings (SSSR count). The molecule has 1 aromatic heterocycles. The number of hydrogen-bond donors (Lipinski definition) is 2. The molecule has 35 heavy (non-hydrogen) atoms. The predicted octanol–water partition coefficient (Wildman–Crippen LogP) is 3.05. The molecule has 1 aromatic carbocycles. The van der Waals surface area contributed by atoms with Crippen LogP contribution in [0.4, 0.5) is 5.69 Å². The fraction of sp³-hybridized carbons (Fsp3) is 0.462. The van der Waals surface area contributed by atoms with Gasteiger partial charge in [-0.1, -0.05) is 31.4 Å². The number of para-hydroxylation sites is 1. The highest BCUT2D eigenvalue weighted by Crippen LogP contribution is 2.26. The summed E-state index contributed by atoms with van der Waals surface area (Å²) in [7, 11) is 1.27. The Bertz CT molecular complexity index is 1170. The van der Waals surface area contributed by atoms with E-state index in [1.807, 2.05) is 0 Å². The lowest BCUT2D eigenvalue weighted by Crippen LogP contribution is -2.33. The Balaban J connectivity index is 1.49. The minimum atomic E-state index is -0.611. The number of carbonyl (C=O) groups is 3. The fourth-order valence-corrected chi connectivity index (χ4v) is 4.80. The molecule has 0 radical (unpaired) electrons. The van der Waals surface area contributed by atoms with Crippen LogP contribution in [0.25, 0.3) is 0 Å². The number of methoxy groups -OCH3 is 1. The number of nitrogens with zero attached hydrogens (tertiary/aromatic N) is 1. The molecule has 2 aromatic rings. The van der Waals surface area contributed by atoms with Gasteiger partial charge in [0.05, 0.1) is 18.4 Å². The molecule has 186 valence electrons.